The van der Waals surface area contributed by atoms with E-state index in [4.69, 9.17) is 28.4 Å². The molecule has 4 aliphatic rings. The molecule has 0 aromatic heterocycles. The minimum Gasteiger partial charge on any atom is -0.872 e. The van der Waals surface area contributed by atoms with Crippen molar-refractivity contribution in [3.63, 3.8) is 0 Å². The standard InChI is InChI=1S/2C15H24O2.4C4H8O.Sm/c2*1-14(2,3)11-8-10(17-7)9-12(13(11)16)15(4,5)6;4*1-2-4-5-3-1;/h2*8-9,16H,1-7H3;4*1-4H2;/p-2. The maximum atomic E-state index is 12.5. The molecule has 9 heteroatoms. The van der Waals surface area contributed by atoms with Crippen LogP contribution in [0.15, 0.2) is 24.3 Å². The second-order valence-electron chi connectivity index (χ2n) is 18.4. The summed E-state index contributed by atoms with van der Waals surface area (Å²) >= 11 is 0. The molecular weight excluding hydrogens is 831 g/mol. The largest absolute Gasteiger partial charge is 0.872 e. The minimum atomic E-state index is -0.161. The van der Waals surface area contributed by atoms with Crippen LogP contribution in [0.3, 0.4) is 0 Å². The van der Waals surface area contributed by atoms with Crippen LogP contribution in [0.2, 0.25) is 0 Å². The fraction of sp³-hybridized carbons (Fsp3) is 0.739. The zero-order valence-electron chi connectivity index (χ0n) is 37.3. The van der Waals surface area contributed by atoms with Crippen molar-refractivity contribution in [3.05, 3.63) is 46.5 Å². The molecule has 0 N–H and O–H groups in total. The van der Waals surface area contributed by atoms with E-state index in [-0.39, 0.29) is 73.5 Å². The molecular formula is C46H78O8Sm-2. The molecule has 0 bridgehead atoms. The fourth-order valence-electron chi connectivity index (χ4n) is 5.71. The number of ether oxygens (including phenoxy) is 6. The average Bonchev–Trinajstić information content (AvgIpc) is 3.93. The van der Waals surface area contributed by atoms with Gasteiger partial charge in [-0.2, -0.15) is 0 Å². The summed E-state index contributed by atoms with van der Waals surface area (Å²) in [5, 5.41) is 24.9. The topological polar surface area (TPSA) is 102 Å². The van der Waals surface area contributed by atoms with Crippen molar-refractivity contribution in [3.8, 4) is 23.0 Å². The average molecular weight is 909 g/mol. The molecule has 8 nitrogen and oxygen atoms in total. The van der Waals surface area contributed by atoms with Gasteiger partial charge in [0.25, 0.3) is 0 Å². The summed E-state index contributed by atoms with van der Waals surface area (Å²) in [6.07, 6.45) is 10.2. The van der Waals surface area contributed by atoms with Gasteiger partial charge in [0.05, 0.1) is 14.2 Å². The maximum Gasteiger partial charge on any atom is 0.119 e. The number of benzene rings is 2. The summed E-state index contributed by atoms with van der Waals surface area (Å²) in [5.41, 5.74) is 2.64. The van der Waals surface area contributed by atoms with E-state index in [1.165, 1.54) is 51.4 Å². The van der Waals surface area contributed by atoms with E-state index in [0.29, 0.717) is 0 Å². The third-order valence-corrected chi connectivity index (χ3v) is 9.14. The molecule has 4 saturated heterocycles. The maximum absolute atomic E-state index is 12.5. The van der Waals surface area contributed by atoms with Crippen molar-refractivity contribution in [2.24, 2.45) is 0 Å². The minimum absolute atomic E-state index is 0. The van der Waals surface area contributed by atoms with Gasteiger partial charge in [-0.05, 0) is 120 Å². The Balaban J connectivity index is 0.000000699. The number of rotatable bonds is 2. The number of methoxy groups -OCH3 is 2. The molecule has 0 radical (unpaired) electrons. The van der Waals surface area contributed by atoms with Crippen LogP contribution in [0.1, 0.15) is 157 Å². The van der Waals surface area contributed by atoms with Crippen LogP contribution in [0.4, 0.5) is 0 Å². The molecule has 0 spiro atoms. The van der Waals surface area contributed by atoms with Crippen molar-refractivity contribution in [1.82, 2.24) is 0 Å². The Morgan fingerprint density at radius 3 is 0.636 bits per heavy atom. The first kappa shape index (κ1) is 53.8. The molecule has 4 fully saturated rings. The van der Waals surface area contributed by atoms with Gasteiger partial charge < -0.3 is 38.6 Å². The van der Waals surface area contributed by atoms with Crippen molar-refractivity contribution < 1.29 is 79.0 Å². The third kappa shape index (κ3) is 22.0. The smallest absolute Gasteiger partial charge is 0.119 e. The van der Waals surface area contributed by atoms with E-state index in [1.54, 1.807) is 14.2 Å². The normalized spacial score (nSPS) is 16.5. The fourth-order valence-corrected chi connectivity index (χ4v) is 5.71. The molecule has 0 aliphatic carbocycles. The zero-order chi connectivity index (χ0) is 41.0. The summed E-state index contributed by atoms with van der Waals surface area (Å²) in [5.74, 6) is 1.82. The van der Waals surface area contributed by atoms with E-state index in [9.17, 15) is 10.2 Å². The van der Waals surface area contributed by atoms with E-state index < -0.39 is 0 Å². The van der Waals surface area contributed by atoms with Gasteiger partial charge in [-0.25, -0.2) is 0 Å². The van der Waals surface area contributed by atoms with Gasteiger partial charge in [-0.3, -0.25) is 0 Å². The summed E-state index contributed by atoms with van der Waals surface area (Å²) in [6, 6.07) is 7.43. The van der Waals surface area contributed by atoms with Gasteiger partial charge in [0.1, 0.15) is 11.5 Å². The number of hydrogen-bond donors (Lipinski definition) is 0. The first-order chi connectivity index (χ1) is 25.1. The molecule has 0 unspecified atom stereocenters. The van der Waals surface area contributed by atoms with Crippen LogP contribution in [-0.2, 0) is 40.6 Å². The quantitative estimate of drug-likeness (QED) is 0.294. The van der Waals surface area contributed by atoms with Gasteiger partial charge >= 0.3 is 0 Å². The molecule has 318 valence electrons. The van der Waals surface area contributed by atoms with Crippen LogP contribution in [-0.4, -0.2) is 67.1 Å². The predicted octanol–water partition coefficient (Wildman–Crippen LogP) is 9.91. The molecule has 0 amide bonds. The molecule has 4 aliphatic heterocycles. The third-order valence-electron chi connectivity index (χ3n) is 9.14. The van der Waals surface area contributed by atoms with E-state index in [1.807, 2.05) is 24.3 Å². The van der Waals surface area contributed by atoms with Gasteiger partial charge in [0, 0.05) is 93.2 Å². The monoisotopic (exact) mass is 910 g/mol. The molecule has 4 heterocycles. The second-order valence-corrected chi connectivity index (χ2v) is 18.4. The molecule has 55 heavy (non-hydrogen) atoms. The molecule has 2 aromatic rings. The molecule has 2 aromatic carbocycles. The van der Waals surface area contributed by atoms with Crippen molar-refractivity contribution in [1.29, 1.82) is 0 Å². The summed E-state index contributed by atoms with van der Waals surface area (Å²) < 4.78 is 30.4. The molecule has 0 atom stereocenters. The van der Waals surface area contributed by atoms with E-state index >= 15 is 0 Å². The zero-order valence-corrected chi connectivity index (χ0v) is 39.9. The summed E-state index contributed by atoms with van der Waals surface area (Å²) in [4.78, 5) is 0. The molecule has 6 rings (SSSR count). The summed E-state index contributed by atoms with van der Waals surface area (Å²) in [7, 11) is 3.28. The van der Waals surface area contributed by atoms with Gasteiger partial charge in [-0.15, -0.1) is 11.5 Å². The van der Waals surface area contributed by atoms with Crippen molar-refractivity contribution in [2.75, 3.05) is 67.1 Å². The van der Waals surface area contributed by atoms with Crippen LogP contribution in [0.25, 0.3) is 0 Å². The Hall–Kier alpha value is -1.18. The van der Waals surface area contributed by atoms with Crippen LogP contribution in [0, 0.1) is 40.4 Å². The Bertz CT molecular complexity index is 1080. The Morgan fingerprint density at radius 1 is 0.382 bits per heavy atom. The van der Waals surface area contributed by atoms with Gasteiger partial charge in [0.2, 0.25) is 0 Å². The van der Waals surface area contributed by atoms with Crippen LogP contribution < -0.4 is 19.7 Å². The second kappa shape index (κ2) is 26.7. The predicted molar refractivity (Wildman–Crippen MR) is 220 cm³/mol. The number of hydrogen-bond acceptors (Lipinski definition) is 8. The van der Waals surface area contributed by atoms with E-state index in [0.717, 1.165) is 86.6 Å². The summed E-state index contributed by atoms with van der Waals surface area (Å²) in [6.45, 7) is 32.6. The Morgan fingerprint density at radius 2 is 0.545 bits per heavy atom. The van der Waals surface area contributed by atoms with Gasteiger partial charge in [0.15, 0.2) is 0 Å². The van der Waals surface area contributed by atoms with E-state index in [2.05, 4.69) is 83.1 Å². The molecule has 0 saturated carbocycles. The Kier molecular flexibility index (Phi) is 26.2. The van der Waals surface area contributed by atoms with Crippen LogP contribution >= 0.6 is 0 Å². The van der Waals surface area contributed by atoms with Crippen LogP contribution in [0.5, 0.6) is 23.0 Å². The first-order valence-corrected chi connectivity index (χ1v) is 20.3. The first-order valence-electron chi connectivity index (χ1n) is 20.3. The Labute approximate surface area is 369 Å². The van der Waals surface area contributed by atoms with Crippen molar-refractivity contribution >= 4 is 0 Å². The van der Waals surface area contributed by atoms with Gasteiger partial charge in [-0.1, -0.05) is 83.1 Å². The SMILES string of the molecule is C1CCOC1.C1CCOC1.C1CCOC1.C1CCOC1.COc1cc(C(C)(C)C)c([O-])c(C(C)(C)C)c1.COc1cc(C(C)(C)C)c([O-])c(C(C)(C)C)c1.[Sm]. The van der Waals surface area contributed by atoms with Crippen molar-refractivity contribution in [2.45, 2.75) is 156 Å².